The molecule has 2 aromatic heterocycles. The van der Waals surface area contributed by atoms with Crippen LogP contribution >= 0.6 is 12.2 Å². The number of H-pyrrole nitrogens is 1. The lowest BCUT2D eigenvalue weighted by atomic mass is 10.1. The summed E-state index contributed by atoms with van der Waals surface area (Å²) in [6.45, 7) is 5.59. The quantitative estimate of drug-likeness (QED) is 0.304. The van der Waals surface area contributed by atoms with E-state index in [0.29, 0.717) is 47.1 Å². The number of anilines is 2. The molecule has 2 aromatic carbocycles. The van der Waals surface area contributed by atoms with Crippen LogP contribution in [0.15, 0.2) is 41.2 Å². The highest BCUT2D eigenvalue weighted by Crippen LogP contribution is 2.37. The van der Waals surface area contributed by atoms with E-state index < -0.39 is 23.2 Å². The number of carbonyl (C=O) groups excluding carboxylic acids is 1. The molecule has 0 bridgehead atoms. The monoisotopic (exact) mass is 595 g/mol. The van der Waals surface area contributed by atoms with Crippen molar-refractivity contribution in [2.45, 2.75) is 39.8 Å². The Bertz CT molecular complexity index is 1840. The maximum Gasteiger partial charge on any atom is 0.417 e. The van der Waals surface area contributed by atoms with Crippen LogP contribution in [0.1, 0.15) is 42.9 Å². The fourth-order valence-electron chi connectivity index (χ4n) is 4.86. The zero-order valence-corrected chi connectivity index (χ0v) is 23.6. The standard InChI is InChI=1S/C28H24F3N7O3S/c1-4-6-22-33-15(3)24-26(40)34-25(35-38(22)24)19-11-17(9-10-21(19)41-5-2)36-14-23(39)37(27(36)42)18-8-7-16(13-32)20(12-18)28(29,30)31/h7-12H,4-6,14H2,1-3H3,(H,34,35,40). The molecule has 3 heterocycles. The maximum absolute atomic E-state index is 13.6. The molecule has 5 rings (SSSR count). The molecule has 14 heteroatoms. The summed E-state index contributed by atoms with van der Waals surface area (Å²) in [5, 5.41) is 13.7. The molecular weight excluding hydrogens is 571 g/mol. The normalized spacial score (nSPS) is 13.7. The summed E-state index contributed by atoms with van der Waals surface area (Å²) in [5.74, 6) is 0.684. The van der Waals surface area contributed by atoms with Crippen LogP contribution in [-0.2, 0) is 17.4 Å². The van der Waals surface area contributed by atoms with Gasteiger partial charge in [-0.3, -0.25) is 14.5 Å². The van der Waals surface area contributed by atoms with Crippen LogP contribution in [0.4, 0.5) is 24.5 Å². The Morgan fingerprint density at radius 2 is 1.88 bits per heavy atom. The van der Waals surface area contributed by atoms with Crippen LogP contribution in [0, 0.1) is 18.3 Å². The van der Waals surface area contributed by atoms with Crippen molar-refractivity contribution in [3.63, 3.8) is 0 Å². The fraction of sp³-hybridized carbons (Fsp3) is 0.286. The molecule has 0 aliphatic carbocycles. The van der Waals surface area contributed by atoms with Gasteiger partial charge in [0, 0.05) is 12.1 Å². The van der Waals surface area contributed by atoms with Crippen LogP contribution in [0.25, 0.3) is 16.9 Å². The summed E-state index contributed by atoms with van der Waals surface area (Å²) >= 11 is 5.55. The molecular formula is C28H24F3N7O3S. The first-order valence-electron chi connectivity index (χ1n) is 13.0. The van der Waals surface area contributed by atoms with E-state index in [1.165, 1.54) is 21.6 Å². The van der Waals surface area contributed by atoms with Gasteiger partial charge >= 0.3 is 6.18 Å². The number of nitrogens with one attached hydrogen (secondary N) is 1. The number of rotatable bonds is 7. The van der Waals surface area contributed by atoms with E-state index in [9.17, 15) is 22.8 Å². The van der Waals surface area contributed by atoms with Gasteiger partial charge in [0.1, 0.15) is 18.1 Å². The van der Waals surface area contributed by atoms with Crippen molar-refractivity contribution in [1.29, 1.82) is 5.26 Å². The van der Waals surface area contributed by atoms with Crippen LogP contribution in [0.5, 0.6) is 5.75 Å². The number of ether oxygens (including phenoxy) is 1. The van der Waals surface area contributed by atoms with Gasteiger partial charge in [-0.2, -0.15) is 18.4 Å². The van der Waals surface area contributed by atoms with Gasteiger partial charge in [0.2, 0.25) is 0 Å². The lowest BCUT2D eigenvalue weighted by Crippen LogP contribution is -2.33. The first-order chi connectivity index (χ1) is 20.0. The topological polar surface area (TPSA) is 120 Å². The van der Waals surface area contributed by atoms with Crippen molar-refractivity contribution < 1.29 is 22.7 Å². The first kappa shape index (κ1) is 28.7. The molecule has 1 fully saturated rings. The van der Waals surface area contributed by atoms with Gasteiger partial charge in [-0.1, -0.05) is 6.92 Å². The van der Waals surface area contributed by atoms with E-state index in [4.69, 9.17) is 22.2 Å². The van der Waals surface area contributed by atoms with Crippen molar-refractivity contribution in [1.82, 2.24) is 19.6 Å². The third kappa shape index (κ3) is 4.96. The van der Waals surface area contributed by atoms with E-state index >= 15 is 0 Å². The number of aromatic amines is 1. The van der Waals surface area contributed by atoms with Gasteiger partial charge in [-0.25, -0.2) is 9.50 Å². The first-order valence-corrected chi connectivity index (χ1v) is 13.4. The van der Waals surface area contributed by atoms with Crippen LogP contribution < -0.4 is 20.1 Å². The van der Waals surface area contributed by atoms with Crippen LogP contribution in [-0.4, -0.2) is 43.8 Å². The van der Waals surface area contributed by atoms with Gasteiger partial charge < -0.3 is 14.6 Å². The molecule has 4 aromatic rings. The van der Waals surface area contributed by atoms with Crippen molar-refractivity contribution in [2.24, 2.45) is 0 Å². The number of amides is 1. The second-order valence-corrected chi connectivity index (χ2v) is 9.84. The molecule has 0 spiro atoms. The highest BCUT2D eigenvalue weighted by molar-refractivity contribution is 7.81. The summed E-state index contributed by atoms with van der Waals surface area (Å²) in [7, 11) is 0. The summed E-state index contributed by atoms with van der Waals surface area (Å²) < 4.78 is 48.1. The third-order valence-corrected chi connectivity index (χ3v) is 7.10. The Morgan fingerprint density at radius 1 is 1.14 bits per heavy atom. The van der Waals surface area contributed by atoms with Crippen LogP contribution in [0.2, 0.25) is 0 Å². The summed E-state index contributed by atoms with van der Waals surface area (Å²) in [6.07, 6.45) is -3.40. The van der Waals surface area contributed by atoms with E-state index in [1.54, 1.807) is 32.0 Å². The second kappa shape index (κ2) is 10.9. The van der Waals surface area contributed by atoms with Gasteiger partial charge in [0.15, 0.2) is 16.5 Å². The number of alkyl halides is 3. The summed E-state index contributed by atoms with van der Waals surface area (Å²) in [5.41, 5.74) is -0.507. The number of hydrogen-bond acceptors (Lipinski definition) is 7. The molecule has 216 valence electrons. The largest absolute Gasteiger partial charge is 0.493 e. The lowest BCUT2D eigenvalue weighted by Gasteiger charge is -2.22. The SMILES string of the molecule is CCCc1nc(C)c2c(=O)[nH]c(-c3cc(N4CC(=O)N(c5ccc(C#N)c(C(F)(F)F)c5)C4=S)ccc3OCC)nn12. The van der Waals surface area contributed by atoms with Crippen molar-refractivity contribution in [3.8, 4) is 23.2 Å². The summed E-state index contributed by atoms with van der Waals surface area (Å²) in [6, 6.07) is 9.45. The molecule has 0 atom stereocenters. The number of aryl methyl sites for hydroxylation is 2. The molecule has 0 radical (unpaired) electrons. The Morgan fingerprint density at radius 3 is 2.55 bits per heavy atom. The predicted molar refractivity (Wildman–Crippen MR) is 153 cm³/mol. The number of nitrogens with zero attached hydrogens (tertiary/aromatic N) is 6. The molecule has 42 heavy (non-hydrogen) atoms. The molecule has 10 nitrogen and oxygen atoms in total. The van der Waals surface area contributed by atoms with E-state index in [2.05, 4.69) is 15.1 Å². The zero-order chi connectivity index (χ0) is 30.3. The van der Waals surface area contributed by atoms with E-state index in [0.717, 1.165) is 23.5 Å². The number of hydrogen-bond donors (Lipinski definition) is 1. The Hall–Kier alpha value is -4.77. The van der Waals surface area contributed by atoms with Gasteiger partial charge in [0.05, 0.1) is 40.7 Å². The fourth-order valence-corrected chi connectivity index (χ4v) is 5.23. The Kier molecular flexibility index (Phi) is 7.46. The predicted octanol–water partition coefficient (Wildman–Crippen LogP) is 4.77. The molecule has 1 N–H and O–H groups in total. The third-order valence-electron chi connectivity index (χ3n) is 6.70. The average molecular weight is 596 g/mol. The molecule has 1 saturated heterocycles. The number of fused-ring (bicyclic) bond motifs is 1. The minimum Gasteiger partial charge on any atom is -0.493 e. The van der Waals surface area contributed by atoms with Crippen LogP contribution in [0.3, 0.4) is 0 Å². The number of halogens is 3. The van der Waals surface area contributed by atoms with Crippen molar-refractivity contribution >= 4 is 40.1 Å². The van der Waals surface area contributed by atoms with Crippen molar-refractivity contribution in [2.75, 3.05) is 23.0 Å². The Labute approximate surface area is 243 Å². The van der Waals surface area contributed by atoms with Gasteiger partial charge in [-0.05, 0) is 68.9 Å². The minimum absolute atomic E-state index is 0.0553. The summed E-state index contributed by atoms with van der Waals surface area (Å²) in [4.78, 5) is 35.9. The Balaban J connectivity index is 1.58. The van der Waals surface area contributed by atoms with E-state index in [-0.39, 0.29) is 28.7 Å². The molecule has 0 unspecified atom stereocenters. The van der Waals surface area contributed by atoms with Gasteiger partial charge in [0.25, 0.3) is 11.5 Å². The maximum atomic E-state index is 13.6. The molecule has 0 saturated carbocycles. The number of benzene rings is 2. The highest BCUT2D eigenvalue weighted by atomic mass is 32.1. The second-order valence-electron chi connectivity index (χ2n) is 9.48. The number of imidazole rings is 1. The number of thiocarbonyl (C=S) groups is 1. The van der Waals surface area contributed by atoms with E-state index in [1.807, 2.05) is 6.92 Å². The lowest BCUT2D eigenvalue weighted by molar-refractivity contribution is -0.137. The highest BCUT2D eigenvalue weighted by Gasteiger charge is 2.38. The minimum atomic E-state index is -4.80. The molecule has 1 aliphatic heterocycles. The molecule has 1 aliphatic rings. The van der Waals surface area contributed by atoms with Gasteiger partial charge in [-0.15, -0.1) is 5.10 Å². The average Bonchev–Trinajstić information content (AvgIpc) is 3.43. The smallest absolute Gasteiger partial charge is 0.417 e. The number of aromatic nitrogens is 4. The molecule has 1 amide bonds. The van der Waals surface area contributed by atoms with Crippen molar-refractivity contribution in [3.05, 3.63) is 69.4 Å². The zero-order valence-electron chi connectivity index (χ0n) is 22.7. The number of nitriles is 1. The number of carbonyl (C=O) groups is 1.